The van der Waals surface area contributed by atoms with Crippen molar-refractivity contribution in [1.29, 1.82) is 0 Å². The zero-order valence-corrected chi connectivity index (χ0v) is 16.8. The van der Waals surface area contributed by atoms with Gasteiger partial charge in [0.15, 0.2) is 11.5 Å². The van der Waals surface area contributed by atoms with Gasteiger partial charge in [0.2, 0.25) is 15.9 Å². The topological polar surface area (TPSA) is 97.8 Å². The smallest absolute Gasteiger partial charge is 0.243 e. The summed E-state index contributed by atoms with van der Waals surface area (Å²) in [7, 11) is 0.335. The number of carbonyl (C=O) groups excluding carboxylic acids is 1. The predicted molar refractivity (Wildman–Crippen MR) is 102 cm³/mol. The van der Waals surface area contributed by atoms with E-state index < -0.39 is 15.9 Å². The van der Waals surface area contributed by atoms with Crippen LogP contribution in [0, 0.1) is 13.8 Å². The molecular formula is C18H23N3O5S. The van der Waals surface area contributed by atoms with Crippen molar-refractivity contribution in [2.24, 2.45) is 0 Å². The molecule has 9 heteroatoms. The van der Waals surface area contributed by atoms with Gasteiger partial charge in [0.1, 0.15) is 5.82 Å². The van der Waals surface area contributed by atoms with E-state index in [-0.39, 0.29) is 11.4 Å². The number of anilines is 1. The van der Waals surface area contributed by atoms with E-state index in [1.165, 1.54) is 27.3 Å². The predicted octanol–water partition coefficient (Wildman–Crippen LogP) is 1.97. The van der Waals surface area contributed by atoms with Gasteiger partial charge >= 0.3 is 0 Å². The van der Waals surface area contributed by atoms with E-state index in [1.54, 1.807) is 31.3 Å². The first-order valence-corrected chi connectivity index (χ1v) is 9.54. The van der Waals surface area contributed by atoms with Gasteiger partial charge in [-0.1, -0.05) is 0 Å². The molecule has 0 unspecified atom stereocenters. The van der Waals surface area contributed by atoms with E-state index in [1.807, 2.05) is 6.92 Å². The number of ether oxygens (including phenoxy) is 2. The SMILES string of the molecule is COc1cc(C)c(S(=O)(=O)N(C)CC(=O)Nc2cc(C)ccn2)cc1OC. The number of carbonyl (C=O) groups is 1. The van der Waals surface area contributed by atoms with E-state index >= 15 is 0 Å². The highest BCUT2D eigenvalue weighted by Gasteiger charge is 2.26. The zero-order valence-electron chi connectivity index (χ0n) is 15.9. The molecule has 1 N–H and O–H groups in total. The lowest BCUT2D eigenvalue weighted by molar-refractivity contribution is -0.116. The molecule has 0 fully saturated rings. The average Bonchev–Trinajstić information content (AvgIpc) is 2.60. The van der Waals surface area contributed by atoms with Crippen LogP contribution in [0.5, 0.6) is 11.5 Å². The Morgan fingerprint density at radius 2 is 1.78 bits per heavy atom. The number of hydrogen-bond donors (Lipinski definition) is 1. The second kappa shape index (κ2) is 8.36. The molecule has 0 bridgehead atoms. The third kappa shape index (κ3) is 4.75. The van der Waals surface area contributed by atoms with Crippen molar-refractivity contribution in [2.45, 2.75) is 18.7 Å². The summed E-state index contributed by atoms with van der Waals surface area (Å²) in [5, 5.41) is 2.59. The summed E-state index contributed by atoms with van der Waals surface area (Å²) in [5.41, 5.74) is 1.42. The summed E-state index contributed by atoms with van der Waals surface area (Å²) in [4.78, 5) is 16.3. The molecule has 1 heterocycles. The van der Waals surface area contributed by atoms with Gasteiger partial charge < -0.3 is 14.8 Å². The van der Waals surface area contributed by atoms with E-state index in [0.717, 1.165) is 9.87 Å². The maximum absolute atomic E-state index is 12.9. The molecule has 0 saturated heterocycles. The Hall–Kier alpha value is -2.65. The van der Waals surface area contributed by atoms with Gasteiger partial charge in [-0.15, -0.1) is 0 Å². The lowest BCUT2D eigenvalue weighted by Crippen LogP contribution is -2.35. The minimum atomic E-state index is -3.91. The minimum Gasteiger partial charge on any atom is -0.493 e. The standard InChI is InChI=1S/C18H23N3O5S/c1-12-6-7-19-17(8-12)20-18(22)11-21(3)27(23,24)16-10-15(26-5)14(25-4)9-13(16)2/h6-10H,11H2,1-5H3,(H,19,20,22). The quantitative estimate of drug-likeness (QED) is 0.772. The van der Waals surface area contributed by atoms with Crippen LogP contribution >= 0.6 is 0 Å². The number of nitrogens with one attached hydrogen (secondary N) is 1. The van der Waals surface area contributed by atoms with Crippen LogP contribution in [0.3, 0.4) is 0 Å². The first kappa shape index (κ1) is 20.7. The van der Waals surface area contributed by atoms with Crippen molar-refractivity contribution >= 4 is 21.7 Å². The number of sulfonamides is 1. The molecule has 2 aromatic rings. The van der Waals surface area contributed by atoms with Crippen molar-refractivity contribution in [3.05, 3.63) is 41.6 Å². The van der Waals surface area contributed by atoms with Crippen molar-refractivity contribution < 1.29 is 22.7 Å². The van der Waals surface area contributed by atoms with Crippen LogP contribution in [0.15, 0.2) is 35.4 Å². The fourth-order valence-electron chi connectivity index (χ4n) is 2.48. The van der Waals surface area contributed by atoms with Crippen LogP contribution in [0.2, 0.25) is 0 Å². The Labute approximate surface area is 159 Å². The van der Waals surface area contributed by atoms with Crippen molar-refractivity contribution in [3.8, 4) is 11.5 Å². The van der Waals surface area contributed by atoms with Crippen LogP contribution in [0.1, 0.15) is 11.1 Å². The first-order valence-electron chi connectivity index (χ1n) is 8.10. The second-order valence-electron chi connectivity index (χ2n) is 6.00. The van der Waals surface area contributed by atoms with Gasteiger partial charge in [0, 0.05) is 19.3 Å². The molecule has 1 amide bonds. The third-order valence-electron chi connectivity index (χ3n) is 3.92. The first-order chi connectivity index (χ1) is 12.7. The summed E-state index contributed by atoms with van der Waals surface area (Å²) < 4.78 is 37.1. The van der Waals surface area contributed by atoms with Crippen molar-refractivity contribution in [3.63, 3.8) is 0 Å². The number of likely N-dealkylation sites (N-methyl/N-ethyl adjacent to an activating group) is 1. The minimum absolute atomic E-state index is 0.0455. The number of hydrogen-bond acceptors (Lipinski definition) is 6. The molecule has 2 rings (SSSR count). The Balaban J connectivity index is 2.22. The summed E-state index contributed by atoms with van der Waals surface area (Å²) in [6.07, 6.45) is 1.57. The Morgan fingerprint density at radius 3 is 2.37 bits per heavy atom. The number of pyridine rings is 1. The number of benzene rings is 1. The second-order valence-corrected chi connectivity index (χ2v) is 8.01. The number of methoxy groups -OCH3 is 2. The molecule has 0 atom stereocenters. The summed E-state index contributed by atoms with van der Waals surface area (Å²) in [6, 6.07) is 6.47. The zero-order chi connectivity index (χ0) is 20.2. The van der Waals surface area contributed by atoms with Crippen LogP contribution in [-0.4, -0.2) is 51.4 Å². The lowest BCUT2D eigenvalue weighted by atomic mass is 10.2. The largest absolute Gasteiger partial charge is 0.493 e. The Kier molecular flexibility index (Phi) is 6.40. The van der Waals surface area contributed by atoms with Gasteiger partial charge in [-0.25, -0.2) is 13.4 Å². The van der Waals surface area contributed by atoms with E-state index in [9.17, 15) is 13.2 Å². The molecule has 146 valence electrons. The molecule has 0 aliphatic heterocycles. The summed E-state index contributed by atoms with van der Waals surface area (Å²) in [6.45, 7) is 3.17. The monoisotopic (exact) mass is 393 g/mol. The fourth-order valence-corrected chi connectivity index (χ4v) is 3.83. The van der Waals surface area contributed by atoms with Gasteiger partial charge in [0.05, 0.1) is 25.7 Å². The maximum Gasteiger partial charge on any atom is 0.243 e. The van der Waals surface area contributed by atoms with E-state index in [4.69, 9.17) is 9.47 Å². The van der Waals surface area contributed by atoms with Gasteiger partial charge in [-0.05, 0) is 43.2 Å². The highest BCUT2D eigenvalue weighted by atomic mass is 32.2. The van der Waals surface area contributed by atoms with E-state index in [2.05, 4.69) is 10.3 Å². The van der Waals surface area contributed by atoms with Crippen LogP contribution in [0.4, 0.5) is 5.82 Å². The van der Waals surface area contributed by atoms with Crippen LogP contribution in [-0.2, 0) is 14.8 Å². The molecule has 0 aliphatic carbocycles. The van der Waals surface area contributed by atoms with Crippen molar-refractivity contribution in [1.82, 2.24) is 9.29 Å². The molecule has 1 aromatic carbocycles. The normalized spacial score (nSPS) is 11.3. The van der Waals surface area contributed by atoms with E-state index in [0.29, 0.717) is 22.9 Å². The van der Waals surface area contributed by atoms with Gasteiger partial charge in [-0.3, -0.25) is 4.79 Å². The Bertz CT molecular complexity index is 944. The highest BCUT2D eigenvalue weighted by Crippen LogP contribution is 2.33. The molecule has 27 heavy (non-hydrogen) atoms. The average molecular weight is 393 g/mol. The number of nitrogens with zero attached hydrogens (tertiary/aromatic N) is 2. The van der Waals surface area contributed by atoms with Crippen molar-refractivity contribution in [2.75, 3.05) is 33.1 Å². The molecule has 8 nitrogen and oxygen atoms in total. The third-order valence-corrected chi connectivity index (χ3v) is 5.86. The molecule has 0 radical (unpaired) electrons. The van der Waals surface area contributed by atoms with Crippen LogP contribution < -0.4 is 14.8 Å². The molecule has 0 spiro atoms. The number of aromatic nitrogens is 1. The highest BCUT2D eigenvalue weighted by molar-refractivity contribution is 7.89. The number of rotatable bonds is 7. The molecule has 0 aliphatic rings. The molecule has 1 aromatic heterocycles. The summed E-state index contributed by atoms with van der Waals surface area (Å²) >= 11 is 0. The fraction of sp³-hybridized carbons (Fsp3) is 0.333. The van der Waals surface area contributed by atoms with Crippen LogP contribution in [0.25, 0.3) is 0 Å². The molecule has 0 saturated carbocycles. The number of amides is 1. The summed E-state index contributed by atoms with van der Waals surface area (Å²) in [5.74, 6) is 0.605. The maximum atomic E-state index is 12.9. The number of aryl methyl sites for hydroxylation is 2. The van der Waals surface area contributed by atoms with Gasteiger partial charge in [-0.2, -0.15) is 4.31 Å². The van der Waals surface area contributed by atoms with Gasteiger partial charge in [0.25, 0.3) is 0 Å². The molecular weight excluding hydrogens is 370 g/mol. The Morgan fingerprint density at radius 1 is 1.15 bits per heavy atom. The lowest BCUT2D eigenvalue weighted by Gasteiger charge is -2.19.